The van der Waals surface area contributed by atoms with Gasteiger partial charge in [-0.2, -0.15) is 0 Å². The van der Waals surface area contributed by atoms with Crippen molar-refractivity contribution in [2.24, 2.45) is 0 Å². The highest BCUT2D eigenvalue weighted by atomic mass is 31.2. The van der Waals surface area contributed by atoms with Gasteiger partial charge in [-0.25, -0.2) is 0 Å². The second-order valence-corrected chi connectivity index (χ2v) is 8.48. The highest BCUT2D eigenvalue weighted by Gasteiger charge is 2.28. The van der Waals surface area contributed by atoms with E-state index >= 15 is 0 Å². The third-order valence-electron chi connectivity index (χ3n) is 3.87. The maximum Gasteiger partial charge on any atom is 0.347 e. The molecular formula is C16H33N4O6P. The predicted octanol–water partition coefficient (Wildman–Crippen LogP) is -0.194. The Morgan fingerprint density at radius 1 is 0.889 bits per heavy atom. The van der Waals surface area contributed by atoms with Crippen molar-refractivity contribution in [2.75, 3.05) is 13.1 Å². The Kier molecular flexibility index (Phi) is 12.1. The summed E-state index contributed by atoms with van der Waals surface area (Å²) in [5.41, 5.74) is 0. The molecule has 0 rings (SSSR count). The van der Waals surface area contributed by atoms with Crippen molar-refractivity contribution >= 4 is 25.3 Å². The lowest BCUT2D eigenvalue weighted by atomic mass is 10.2. The molecule has 3 atom stereocenters. The van der Waals surface area contributed by atoms with Gasteiger partial charge in [0.1, 0.15) is 17.9 Å². The van der Waals surface area contributed by atoms with Gasteiger partial charge in [0.05, 0.1) is 6.54 Å². The lowest BCUT2D eigenvalue weighted by molar-refractivity contribution is -0.131. The van der Waals surface area contributed by atoms with Gasteiger partial charge in [-0.15, -0.1) is 0 Å². The van der Waals surface area contributed by atoms with Crippen LogP contribution in [0.2, 0.25) is 0 Å². The molecule has 0 aromatic rings. The molecule has 27 heavy (non-hydrogen) atoms. The molecule has 0 aromatic carbocycles. The van der Waals surface area contributed by atoms with E-state index in [0.717, 1.165) is 32.2 Å². The molecule has 0 aliphatic carbocycles. The number of hydrogen-bond donors (Lipinski definition) is 6. The summed E-state index contributed by atoms with van der Waals surface area (Å²) >= 11 is 0. The van der Waals surface area contributed by atoms with E-state index < -0.39 is 37.3 Å². The van der Waals surface area contributed by atoms with Gasteiger partial charge in [0, 0.05) is 0 Å². The largest absolute Gasteiger partial charge is 0.347 e. The van der Waals surface area contributed by atoms with Crippen LogP contribution in [0.25, 0.3) is 0 Å². The standard InChI is InChI=1S/C16H33N4O6P/c1-5-6-7-8-9-17-10-14(21)18-11(2)15(22)19-12(3)16(23)20-13(4)27(24,25)26/h11-13,17H,5-10H2,1-4H3,(H,18,21)(H,19,22)(H,20,23)(H2,24,25,26)/t11-,12-,13?/m0/s1. The van der Waals surface area contributed by atoms with E-state index in [-0.39, 0.29) is 12.5 Å². The summed E-state index contributed by atoms with van der Waals surface area (Å²) in [5.74, 6) is -2.99. The van der Waals surface area contributed by atoms with E-state index in [9.17, 15) is 18.9 Å². The summed E-state index contributed by atoms with van der Waals surface area (Å²) < 4.78 is 11.0. The zero-order valence-corrected chi connectivity index (χ0v) is 17.3. The summed E-state index contributed by atoms with van der Waals surface area (Å²) in [5, 5.41) is 10.1. The first-order valence-electron chi connectivity index (χ1n) is 9.15. The minimum Gasteiger partial charge on any atom is -0.343 e. The second-order valence-electron chi connectivity index (χ2n) is 6.53. The molecule has 10 nitrogen and oxygen atoms in total. The van der Waals surface area contributed by atoms with Crippen molar-refractivity contribution in [3.05, 3.63) is 0 Å². The summed E-state index contributed by atoms with van der Waals surface area (Å²) in [7, 11) is -4.45. The molecule has 0 saturated carbocycles. The highest BCUT2D eigenvalue weighted by molar-refractivity contribution is 7.52. The fourth-order valence-electron chi connectivity index (χ4n) is 2.06. The first kappa shape index (κ1) is 25.5. The van der Waals surface area contributed by atoms with Crippen LogP contribution < -0.4 is 21.3 Å². The Labute approximate surface area is 160 Å². The molecule has 1 unspecified atom stereocenters. The van der Waals surface area contributed by atoms with Gasteiger partial charge in [-0.3, -0.25) is 18.9 Å². The van der Waals surface area contributed by atoms with Crippen molar-refractivity contribution in [1.82, 2.24) is 21.3 Å². The average molecular weight is 408 g/mol. The van der Waals surface area contributed by atoms with Crippen molar-refractivity contribution < 1.29 is 28.7 Å². The van der Waals surface area contributed by atoms with Crippen LogP contribution in [0.3, 0.4) is 0 Å². The van der Waals surface area contributed by atoms with E-state index in [2.05, 4.69) is 28.2 Å². The first-order chi connectivity index (χ1) is 12.5. The van der Waals surface area contributed by atoms with E-state index in [1.807, 2.05) is 0 Å². The Morgan fingerprint density at radius 2 is 1.44 bits per heavy atom. The smallest absolute Gasteiger partial charge is 0.343 e. The number of hydrogen-bond acceptors (Lipinski definition) is 5. The van der Waals surface area contributed by atoms with Crippen molar-refractivity contribution in [1.29, 1.82) is 0 Å². The third-order valence-corrected chi connectivity index (χ3v) is 5.01. The van der Waals surface area contributed by atoms with Crippen LogP contribution in [0.15, 0.2) is 0 Å². The molecule has 158 valence electrons. The van der Waals surface area contributed by atoms with Crippen molar-refractivity contribution in [3.8, 4) is 0 Å². The molecule has 0 aliphatic heterocycles. The van der Waals surface area contributed by atoms with Gasteiger partial charge in [0.2, 0.25) is 17.7 Å². The first-order valence-corrected chi connectivity index (χ1v) is 10.8. The minimum absolute atomic E-state index is 0.0968. The molecule has 0 heterocycles. The zero-order valence-electron chi connectivity index (χ0n) is 16.4. The van der Waals surface area contributed by atoms with Crippen LogP contribution in [0.4, 0.5) is 0 Å². The van der Waals surface area contributed by atoms with Crippen LogP contribution in [0.5, 0.6) is 0 Å². The van der Waals surface area contributed by atoms with Crippen LogP contribution in [0, 0.1) is 0 Å². The van der Waals surface area contributed by atoms with Gasteiger partial charge in [-0.1, -0.05) is 26.2 Å². The number of carbonyl (C=O) groups is 3. The maximum atomic E-state index is 12.0. The summed E-state index contributed by atoms with van der Waals surface area (Å²) in [6.07, 6.45) is 4.38. The second kappa shape index (κ2) is 12.8. The van der Waals surface area contributed by atoms with Crippen molar-refractivity contribution in [2.45, 2.75) is 71.2 Å². The number of rotatable bonds is 13. The van der Waals surface area contributed by atoms with Gasteiger partial charge in [0.15, 0.2) is 0 Å². The predicted molar refractivity (Wildman–Crippen MR) is 102 cm³/mol. The van der Waals surface area contributed by atoms with E-state index in [0.29, 0.717) is 0 Å². The molecule has 0 fully saturated rings. The van der Waals surface area contributed by atoms with Gasteiger partial charge in [0.25, 0.3) is 0 Å². The lowest BCUT2D eigenvalue weighted by Crippen LogP contribution is -2.53. The summed E-state index contributed by atoms with van der Waals surface area (Å²) in [4.78, 5) is 53.7. The third kappa shape index (κ3) is 11.8. The highest BCUT2D eigenvalue weighted by Crippen LogP contribution is 2.39. The number of amides is 3. The molecule has 0 aromatic heterocycles. The monoisotopic (exact) mass is 408 g/mol. The van der Waals surface area contributed by atoms with E-state index in [4.69, 9.17) is 9.79 Å². The molecule has 0 bridgehead atoms. The fourth-order valence-corrected chi connectivity index (χ4v) is 2.35. The maximum absolute atomic E-state index is 12.0. The Bertz CT molecular complexity index is 539. The van der Waals surface area contributed by atoms with Crippen LogP contribution >= 0.6 is 7.60 Å². The molecule has 0 saturated heterocycles. The molecule has 6 N–H and O–H groups in total. The average Bonchev–Trinajstić information content (AvgIpc) is 2.56. The van der Waals surface area contributed by atoms with Gasteiger partial charge >= 0.3 is 7.60 Å². The fraction of sp³-hybridized carbons (Fsp3) is 0.812. The number of carbonyl (C=O) groups excluding carboxylic acids is 3. The zero-order chi connectivity index (χ0) is 21.0. The van der Waals surface area contributed by atoms with Crippen LogP contribution in [-0.4, -0.2) is 58.5 Å². The Balaban J connectivity index is 4.20. The van der Waals surface area contributed by atoms with Gasteiger partial charge in [-0.05, 0) is 33.7 Å². The molecule has 0 spiro atoms. The minimum atomic E-state index is -4.45. The topological polar surface area (TPSA) is 157 Å². The van der Waals surface area contributed by atoms with E-state index in [1.165, 1.54) is 20.8 Å². The lowest BCUT2D eigenvalue weighted by Gasteiger charge is -2.21. The number of unbranched alkanes of at least 4 members (excludes halogenated alkanes) is 3. The molecular weight excluding hydrogens is 375 g/mol. The van der Waals surface area contributed by atoms with E-state index in [1.54, 1.807) is 0 Å². The van der Waals surface area contributed by atoms with Crippen LogP contribution in [0.1, 0.15) is 53.4 Å². The van der Waals surface area contributed by atoms with Crippen molar-refractivity contribution in [3.63, 3.8) is 0 Å². The molecule has 0 aliphatic rings. The normalized spacial score (nSPS) is 14.7. The Hall–Kier alpha value is -1.48. The Morgan fingerprint density at radius 3 is 2.00 bits per heavy atom. The molecule has 3 amide bonds. The van der Waals surface area contributed by atoms with Gasteiger partial charge < -0.3 is 31.1 Å². The molecule has 0 radical (unpaired) electrons. The quantitative estimate of drug-likeness (QED) is 0.182. The molecule has 11 heteroatoms. The van der Waals surface area contributed by atoms with Crippen LogP contribution in [-0.2, 0) is 18.9 Å². The SMILES string of the molecule is CCCCCCNCC(=O)N[C@@H](C)C(=O)N[C@@H](C)C(=O)NC(C)P(=O)(O)O. The summed E-state index contributed by atoms with van der Waals surface area (Å²) in [6.45, 7) is 6.98. The summed E-state index contributed by atoms with van der Waals surface area (Å²) in [6, 6.07) is -1.86. The number of nitrogens with one attached hydrogen (secondary N) is 4.